The third-order valence-electron chi connectivity index (χ3n) is 0.313. The van der Waals surface area contributed by atoms with Crippen LogP contribution in [0.15, 0.2) is 0 Å². The third kappa shape index (κ3) is 4.86. The van der Waals surface area contributed by atoms with Crippen molar-refractivity contribution in [3.8, 4) is 0 Å². The maximum atomic E-state index is 3.55. The Morgan fingerprint density at radius 3 is 2.40 bits per heavy atom. The minimum absolute atomic E-state index is 1.14. The number of alkyl halides is 1. The Hall–Kier alpha value is 0.860. The predicted molar refractivity (Wildman–Crippen MR) is 36.6 cm³/mol. The zero-order chi connectivity index (χ0) is 4.12. The van der Waals surface area contributed by atoms with Crippen molar-refractivity contribution < 1.29 is 0 Å². The van der Waals surface area contributed by atoms with E-state index in [1.54, 1.807) is 0 Å². The summed E-state index contributed by atoms with van der Waals surface area (Å²) in [5.41, 5.74) is 0. The molecule has 0 nitrogen and oxygen atoms in total. The van der Waals surface area contributed by atoms with E-state index >= 15 is 0 Å². The normalized spacial score (nSPS) is 6.40. The van der Waals surface area contributed by atoms with Gasteiger partial charge >= 0.3 is 47.5 Å². The molecule has 0 aromatic carbocycles. The molecule has 0 fully saturated rings. The summed E-state index contributed by atoms with van der Waals surface area (Å²) in [5, 5.41) is 0. The number of rotatable bonds is 2. The van der Waals surface area contributed by atoms with Crippen LogP contribution in [-0.2, 0) is 0 Å². The quantitative estimate of drug-likeness (QED) is 0.325. The van der Waals surface area contributed by atoms with Gasteiger partial charge in [0.25, 0.3) is 0 Å². The molecule has 0 aromatic heterocycles. The van der Waals surface area contributed by atoms with Gasteiger partial charge in [0.05, 0.1) is 0 Å². The van der Waals surface area contributed by atoms with Gasteiger partial charge in [-0.2, -0.15) is 0 Å². The Bertz CT molecular complexity index is 28.8. The Morgan fingerprint density at radius 2 is 2.40 bits per heavy atom. The van der Waals surface area contributed by atoms with E-state index in [9.17, 15) is 0 Å². The van der Waals surface area contributed by atoms with Gasteiger partial charge in [0, 0.05) is 0 Å². The number of halogens is 1. The fraction of sp³-hybridized carbons (Fsp3) is 1.00. The molecule has 0 saturated heterocycles. The van der Waals surface area contributed by atoms with Crippen LogP contribution in [-0.4, -0.2) is 18.6 Å². The summed E-state index contributed by atoms with van der Waals surface area (Å²) < 4.78 is 1.20. The summed E-state index contributed by atoms with van der Waals surface area (Å²) in [6, 6.07) is 0. The predicted octanol–water partition coefficient (Wildman–Crippen LogP) is 0.360. The average Bonchev–Trinajstić information content (AvgIpc) is 1.41. The Morgan fingerprint density at radius 1 is 1.80 bits per heavy atom. The van der Waals surface area contributed by atoms with Crippen LogP contribution in [0.1, 0.15) is 0 Å². The molecule has 0 N–H and O–H groups in total. The van der Waals surface area contributed by atoms with E-state index in [1.165, 1.54) is 4.43 Å². The van der Waals surface area contributed by atoms with Gasteiger partial charge in [-0.1, -0.05) is 0 Å². The summed E-state index contributed by atoms with van der Waals surface area (Å²) in [7, 11) is 3.55. The summed E-state index contributed by atoms with van der Waals surface area (Å²) in [4.78, 5) is 0. The Balaban J connectivity index is 2.40. The SMILES string of the molecule is B=BCCI. The Kier molecular flexibility index (Phi) is 5.70. The molecule has 0 radical (unpaired) electrons. The van der Waals surface area contributed by atoms with Crippen molar-refractivity contribution in [2.24, 2.45) is 0 Å². The van der Waals surface area contributed by atoms with Crippen molar-refractivity contribution in [3.63, 3.8) is 0 Å². The molecule has 0 heterocycles. The zero-order valence-electron chi connectivity index (χ0n) is 3.08. The van der Waals surface area contributed by atoms with E-state index in [1.807, 2.05) is 6.80 Å². The molecular weight excluding hydrogens is 173 g/mol. The second kappa shape index (κ2) is 4.86. The first-order valence-electron chi connectivity index (χ1n) is 1.58. The van der Waals surface area contributed by atoms with Crippen LogP contribution in [0.5, 0.6) is 0 Å². The number of hydrogen-bond acceptors (Lipinski definition) is 0. The van der Waals surface area contributed by atoms with Gasteiger partial charge < -0.3 is 0 Å². The van der Waals surface area contributed by atoms with Crippen LogP contribution in [0.3, 0.4) is 0 Å². The molecule has 0 aromatic rings. The van der Waals surface area contributed by atoms with Crippen LogP contribution in [0.4, 0.5) is 0 Å². The van der Waals surface area contributed by atoms with Crippen LogP contribution in [0, 0.1) is 0 Å². The molecule has 0 aliphatic rings. The van der Waals surface area contributed by atoms with Gasteiger partial charge in [-0.05, 0) is 0 Å². The third-order valence-corrected chi connectivity index (χ3v) is 0.936. The molecule has 0 unspecified atom stereocenters. The molecule has 0 atom stereocenters. The summed E-state index contributed by atoms with van der Waals surface area (Å²) >= 11 is 2.32. The van der Waals surface area contributed by atoms with Gasteiger partial charge in [0.2, 0.25) is 0 Å². The van der Waals surface area contributed by atoms with Gasteiger partial charge in [-0.3, -0.25) is 0 Å². The van der Waals surface area contributed by atoms with Gasteiger partial charge in [0.15, 0.2) is 0 Å². The molecule has 3 heteroatoms. The minimum atomic E-state index is 1.14. The molecule has 0 aliphatic heterocycles. The van der Waals surface area contributed by atoms with Crippen molar-refractivity contribution in [1.82, 2.24) is 0 Å². The second-order valence-corrected chi connectivity index (χ2v) is 1.85. The molecule has 26 valence electrons. The topological polar surface area (TPSA) is 0 Å². The van der Waals surface area contributed by atoms with E-state index in [4.69, 9.17) is 0 Å². The van der Waals surface area contributed by atoms with Gasteiger partial charge in [-0.25, -0.2) is 0 Å². The van der Waals surface area contributed by atoms with Crippen molar-refractivity contribution in [1.29, 1.82) is 0 Å². The van der Waals surface area contributed by atoms with Crippen LogP contribution >= 0.6 is 22.6 Å². The molecule has 0 bridgehead atoms. The Labute approximate surface area is 47.8 Å². The molecule has 0 spiro atoms. The van der Waals surface area contributed by atoms with Crippen molar-refractivity contribution in [2.45, 2.75) is 6.32 Å². The van der Waals surface area contributed by atoms with Crippen molar-refractivity contribution >= 4 is 36.8 Å². The first kappa shape index (κ1) is 5.86. The van der Waals surface area contributed by atoms with Crippen LogP contribution in [0.2, 0.25) is 6.32 Å². The summed E-state index contributed by atoms with van der Waals surface area (Å²) in [5.74, 6) is 0. The molecule has 0 rings (SSSR count). The van der Waals surface area contributed by atoms with Gasteiger partial charge in [0.1, 0.15) is 0 Å². The van der Waals surface area contributed by atoms with E-state index in [0.29, 0.717) is 0 Å². The standard InChI is InChI=1S/C2H5B2I/c3-4-1-2-5/h3H,1-2H2. The van der Waals surface area contributed by atoms with Gasteiger partial charge in [-0.15, -0.1) is 0 Å². The van der Waals surface area contributed by atoms with Crippen molar-refractivity contribution in [2.75, 3.05) is 4.43 Å². The molecule has 0 amide bonds. The first-order valence-corrected chi connectivity index (χ1v) is 3.11. The van der Waals surface area contributed by atoms with Crippen LogP contribution < -0.4 is 0 Å². The monoisotopic (exact) mass is 178 g/mol. The van der Waals surface area contributed by atoms with Crippen molar-refractivity contribution in [3.05, 3.63) is 0 Å². The second-order valence-electron chi connectivity index (χ2n) is 0.766. The average molecular weight is 178 g/mol. The summed E-state index contributed by atoms with van der Waals surface area (Å²) in [6.45, 7) is 1.92. The molecular formula is C2H5B2I. The summed E-state index contributed by atoms with van der Waals surface area (Å²) in [6.07, 6.45) is 1.14. The van der Waals surface area contributed by atoms with Crippen LogP contribution in [0.25, 0.3) is 0 Å². The maximum absolute atomic E-state index is 3.55. The fourth-order valence-corrected chi connectivity index (χ4v) is 0.518. The molecule has 5 heavy (non-hydrogen) atoms. The first-order chi connectivity index (χ1) is 2.41. The van der Waals surface area contributed by atoms with E-state index in [2.05, 4.69) is 30.0 Å². The fourth-order valence-electron chi connectivity index (χ4n) is 0.0772. The molecule has 0 aliphatic carbocycles. The van der Waals surface area contributed by atoms with E-state index in [-0.39, 0.29) is 0 Å². The van der Waals surface area contributed by atoms with E-state index < -0.39 is 0 Å². The number of hydrogen-bond donors (Lipinski definition) is 0. The van der Waals surface area contributed by atoms with E-state index in [0.717, 1.165) is 6.32 Å². The zero-order valence-corrected chi connectivity index (χ0v) is 5.23. The molecule has 0 saturated carbocycles.